The van der Waals surface area contributed by atoms with Crippen LogP contribution in [0.4, 0.5) is 0 Å². The summed E-state index contributed by atoms with van der Waals surface area (Å²) < 4.78 is 0. The molecule has 0 rings (SSSR count). The molecule has 17 heteroatoms. The van der Waals surface area contributed by atoms with Crippen LogP contribution in [0.2, 0.25) is 0 Å². The molecule has 0 radical (unpaired) electrons. The van der Waals surface area contributed by atoms with Gasteiger partial charge in [0, 0.05) is 0 Å². The summed E-state index contributed by atoms with van der Waals surface area (Å²) in [5.41, 5.74) is 0. The van der Waals surface area contributed by atoms with E-state index in [2.05, 4.69) is 0 Å². The fourth-order valence-corrected chi connectivity index (χ4v) is 0. The molecular formula is H34Mg6O11. The van der Waals surface area contributed by atoms with Crippen LogP contribution < -0.4 is 0 Å². The molecule has 17 heavy (non-hydrogen) atoms. The van der Waals surface area contributed by atoms with Gasteiger partial charge in [-0.2, -0.15) is 0 Å². The first-order valence-electron chi connectivity index (χ1n) is 0. The molecule has 0 saturated carbocycles. The van der Waals surface area contributed by atoms with Gasteiger partial charge in [-0.05, 0) is 0 Å². The van der Waals surface area contributed by atoms with E-state index in [4.69, 9.17) is 0 Å². The average molecular weight is 356 g/mol. The average Bonchev–Trinajstić information content (AvgIpc) is 0. The molecule has 0 aliphatic carbocycles. The third-order valence-electron chi connectivity index (χ3n) is 0. The molecule has 0 aromatic rings. The first-order chi connectivity index (χ1) is 0. The Balaban J connectivity index is 0. The van der Waals surface area contributed by atoms with Crippen molar-refractivity contribution < 1.29 is 77.4 Å². The maximum absolute atomic E-state index is 0. The molecule has 0 saturated heterocycles. The molecule has 0 heterocycles. The summed E-state index contributed by atoms with van der Waals surface area (Å²) in [6.45, 7) is 0. The zero-order valence-electron chi connectivity index (χ0n) is 21.7. The van der Waals surface area contributed by atoms with Gasteiger partial charge in [0.2, 0.25) is 0 Å². The van der Waals surface area contributed by atoms with Crippen molar-refractivity contribution >= 4 is 138 Å². The van der Waals surface area contributed by atoms with Crippen LogP contribution in [0, 0.1) is 0 Å². The predicted molar refractivity (Wildman–Crippen MR) is 87.6 cm³/mol. The number of hydrogen-bond donors (Lipinski definition) is 0. The summed E-state index contributed by atoms with van der Waals surface area (Å²) in [6.07, 6.45) is 0. The second-order valence-electron chi connectivity index (χ2n) is 0. The Labute approximate surface area is 213 Å². The van der Waals surface area contributed by atoms with E-state index < -0.39 is 0 Å². The van der Waals surface area contributed by atoms with Gasteiger partial charge in [-0.25, -0.2) is 0 Å². The minimum Gasteiger partial charge on any atom is -1.00 e. The molecule has 0 unspecified atom stereocenters. The van der Waals surface area contributed by atoms with Crippen LogP contribution in [0.15, 0.2) is 0 Å². The van der Waals surface area contributed by atoms with Crippen molar-refractivity contribution in [2.75, 3.05) is 0 Å². The maximum atomic E-state index is 0. The summed E-state index contributed by atoms with van der Waals surface area (Å²) in [7, 11) is 0. The summed E-state index contributed by atoms with van der Waals surface area (Å²) in [4.78, 5) is 0. The van der Waals surface area contributed by atoms with Crippen molar-refractivity contribution in [3.63, 3.8) is 0 Å². The fourth-order valence-electron chi connectivity index (χ4n) is 0. The van der Waals surface area contributed by atoms with Gasteiger partial charge in [0.1, 0.15) is 0 Å². The van der Waals surface area contributed by atoms with Crippen LogP contribution in [0.5, 0.6) is 0 Å². The maximum Gasteiger partial charge on any atom is 2.00 e. The van der Waals surface area contributed by atoms with E-state index in [-0.39, 0.29) is 216 Å². The molecule has 22 N–H and O–H groups in total. The Bertz CT molecular complexity index is 44.3. The van der Waals surface area contributed by atoms with Gasteiger partial charge in [0.05, 0.1) is 0 Å². The van der Waals surface area contributed by atoms with E-state index in [1.54, 1.807) is 0 Å². The zero-order chi connectivity index (χ0) is 0. The van der Waals surface area contributed by atoms with E-state index in [0.29, 0.717) is 0 Å². The number of hydrogen-bond acceptors (Lipinski definition) is 0. The summed E-state index contributed by atoms with van der Waals surface area (Å²) in [5.74, 6) is 0. The zero-order valence-corrected chi connectivity index (χ0v) is 18.2. The van der Waals surface area contributed by atoms with Crippen LogP contribution in [0.1, 0.15) is 17.1 Å². The molecule has 0 aliphatic heterocycles. The molecule has 0 fully saturated rings. The summed E-state index contributed by atoms with van der Waals surface area (Å²) >= 11 is 0. The van der Waals surface area contributed by atoms with E-state index in [0.717, 1.165) is 0 Å². The summed E-state index contributed by atoms with van der Waals surface area (Å²) in [5, 5.41) is 0. The van der Waals surface area contributed by atoms with Crippen molar-refractivity contribution in [2.24, 2.45) is 0 Å². The Morgan fingerprint density at radius 3 is 0.176 bits per heavy atom. The third-order valence-corrected chi connectivity index (χ3v) is 0. The molecule has 0 aliphatic rings. The molecule has 0 amide bonds. The van der Waals surface area contributed by atoms with Crippen LogP contribution >= 0.6 is 0 Å². The number of rotatable bonds is 0. The Kier molecular flexibility index (Phi) is 12500. The van der Waals surface area contributed by atoms with Crippen molar-refractivity contribution in [1.82, 2.24) is 0 Å². The molecule has 0 aromatic carbocycles. The Hall–Kier alpha value is 4.16. The van der Waals surface area contributed by atoms with Crippen LogP contribution in [0.25, 0.3) is 0 Å². The molecule has 112 valence electrons. The standard InChI is InChI=1S/6Mg.11H2O.12H/h;;;;;;11*1H2;;;;;;;;;;;;/q6*+2;;;;;;;;;;;;12*-1. The van der Waals surface area contributed by atoms with Crippen molar-refractivity contribution in [3.8, 4) is 0 Å². The van der Waals surface area contributed by atoms with Gasteiger partial charge < -0.3 is 77.4 Å². The smallest absolute Gasteiger partial charge is 1.00 e. The van der Waals surface area contributed by atoms with Gasteiger partial charge in [-0.1, -0.05) is 0 Å². The quantitative estimate of drug-likeness (QED) is 0.364. The van der Waals surface area contributed by atoms with Crippen molar-refractivity contribution in [3.05, 3.63) is 0 Å². The van der Waals surface area contributed by atoms with Gasteiger partial charge in [0.25, 0.3) is 0 Å². The van der Waals surface area contributed by atoms with Crippen LogP contribution in [-0.2, 0) is 0 Å². The molecule has 0 aromatic heterocycles. The van der Waals surface area contributed by atoms with E-state index in [1.165, 1.54) is 0 Å². The SMILES string of the molecule is O.O.O.O.O.O.O.O.O.O.O.[H-].[H-].[H-].[H-].[H-].[H-].[H-].[H-].[H-].[H-].[H-].[H-].[Mg+2].[Mg+2].[Mg+2].[Mg+2].[Mg+2].[Mg+2]. The largest absolute Gasteiger partial charge is 2.00 e. The molecular weight excluding hydrogens is 322 g/mol. The Morgan fingerprint density at radius 1 is 0.176 bits per heavy atom. The second kappa shape index (κ2) is 428. The summed E-state index contributed by atoms with van der Waals surface area (Å²) in [6, 6.07) is 0. The first kappa shape index (κ1) is 497. The second-order valence-corrected chi connectivity index (χ2v) is 0. The Morgan fingerprint density at radius 2 is 0.176 bits per heavy atom. The van der Waals surface area contributed by atoms with Crippen LogP contribution in [-0.4, -0.2) is 199 Å². The topological polar surface area (TPSA) is 346 Å². The van der Waals surface area contributed by atoms with E-state index in [1.807, 2.05) is 0 Å². The minimum absolute atomic E-state index is 0. The fraction of sp³-hybridized carbons (Fsp3) is 0. The van der Waals surface area contributed by atoms with E-state index in [9.17, 15) is 0 Å². The van der Waals surface area contributed by atoms with Crippen LogP contribution in [0.3, 0.4) is 0 Å². The van der Waals surface area contributed by atoms with Gasteiger partial charge in [-0.15, -0.1) is 0 Å². The van der Waals surface area contributed by atoms with Crippen molar-refractivity contribution in [1.29, 1.82) is 0 Å². The third kappa shape index (κ3) is 385. The van der Waals surface area contributed by atoms with Crippen molar-refractivity contribution in [2.45, 2.75) is 0 Å². The molecule has 0 bridgehead atoms. The van der Waals surface area contributed by atoms with Gasteiger partial charge >= 0.3 is 138 Å². The molecule has 0 spiro atoms. The normalized spacial score (nSPS) is 0. The predicted octanol–water partition coefficient (Wildman–Crippen LogP) is -10.0. The van der Waals surface area contributed by atoms with Gasteiger partial charge in [0.15, 0.2) is 0 Å². The van der Waals surface area contributed by atoms with E-state index >= 15 is 0 Å². The minimum atomic E-state index is 0. The first-order valence-corrected chi connectivity index (χ1v) is 0. The molecule has 11 nitrogen and oxygen atoms in total. The molecule has 0 atom stereocenters. The monoisotopic (exact) mass is 354 g/mol. The van der Waals surface area contributed by atoms with Gasteiger partial charge in [-0.3, -0.25) is 0 Å².